The second-order valence-corrected chi connectivity index (χ2v) is 8.25. The Balaban J connectivity index is 1.92. The number of sulfonamides is 1. The van der Waals surface area contributed by atoms with Gasteiger partial charge in [0.05, 0.1) is 11.9 Å². The maximum Gasteiger partial charge on any atom is 0.573 e. The van der Waals surface area contributed by atoms with Crippen LogP contribution in [0.3, 0.4) is 0 Å². The van der Waals surface area contributed by atoms with Crippen molar-refractivity contribution in [3.8, 4) is 5.75 Å². The lowest BCUT2D eigenvalue weighted by atomic mass is 10.2. The van der Waals surface area contributed by atoms with E-state index in [1.165, 1.54) is 16.4 Å². The largest absolute Gasteiger partial charge is 0.573 e. The van der Waals surface area contributed by atoms with Gasteiger partial charge in [-0.05, 0) is 49.2 Å². The Bertz CT molecular complexity index is 945. The first-order valence-corrected chi connectivity index (χ1v) is 10.5. The van der Waals surface area contributed by atoms with Gasteiger partial charge < -0.3 is 10.1 Å². The number of anilines is 2. The Labute approximate surface area is 167 Å². The van der Waals surface area contributed by atoms with E-state index >= 15 is 0 Å². The summed E-state index contributed by atoms with van der Waals surface area (Å²) in [6.45, 7) is 1.92. The molecule has 0 bridgehead atoms. The highest BCUT2D eigenvalue weighted by atomic mass is 32.2. The molecule has 0 atom stereocenters. The Morgan fingerprint density at radius 1 is 1.10 bits per heavy atom. The van der Waals surface area contributed by atoms with Crippen LogP contribution in [-0.2, 0) is 14.8 Å². The minimum absolute atomic E-state index is 0.0404. The Kier molecular flexibility index (Phi) is 7.12. The standard InChI is InChI=1S/C19H21F3N2O4S/c1-14-6-3-4-7-17(14)24(29(2,26)27)13-5-8-18(25)23-15-9-11-16(12-10-15)28-19(20,21)22/h3-4,6-7,9-12H,5,8,13H2,1-2H3,(H,23,25). The molecule has 2 rings (SSSR count). The Hall–Kier alpha value is -2.75. The zero-order valence-corrected chi connectivity index (χ0v) is 16.7. The summed E-state index contributed by atoms with van der Waals surface area (Å²) in [4.78, 5) is 12.1. The Morgan fingerprint density at radius 3 is 2.28 bits per heavy atom. The van der Waals surface area contributed by atoms with E-state index in [0.717, 1.165) is 24.0 Å². The number of para-hydroxylation sites is 1. The molecule has 0 radical (unpaired) electrons. The zero-order chi connectivity index (χ0) is 21.7. The maximum atomic E-state index is 12.1. The van der Waals surface area contributed by atoms with Gasteiger partial charge in [0.25, 0.3) is 0 Å². The number of hydrogen-bond acceptors (Lipinski definition) is 4. The molecule has 158 valence electrons. The number of rotatable bonds is 8. The minimum atomic E-state index is -4.78. The second kappa shape index (κ2) is 9.17. The fourth-order valence-corrected chi connectivity index (χ4v) is 3.68. The smallest absolute Gasteiger partial charge is 0.406 e. The van der Waals surface area contributed by atoms with Gasteiger partial charge >= 0.3 is 6.36 Å². The summed E-state index contributed by atoms with van der Waals surface area (Å²) < 4.78 is 65.7. The highest BCUT2D eigenvalue weighted by molar-refractivity contribution is 7.92. The summed E-state index contributed by atoms with van der Waals surface area (Å²) in [5, 5.41) is 2.55. The van der Waals surface area contributed by atoms with E-state index in [2.05, 4.69) is 10.1 Å². The number of carbonyl (C=O) groups excluding carboxylic acids is 1. The average Bonchev–Trinajstić information content (AvgIpc) is 2.59. The van der Waals surface area contributed by atoms with Crippen LogP contribution < -0.4 is 14.4 Å². The van der Waals surface area contributed by atoms with Gasteiger partial charge in [0.15, 0.2) is 0 Å². The van der Waals surface area contributed by atoms with Crippen molar-refractivity contribution in [2.24, 2.45) is 0 Å². The Morgan fingerprint density at radius 2 is 1.72 bits per heavy atom. The molecular weight excluding hydrogens is 409 g/mol. The molecule has 0 aliphatic heterocycles. The van der Waals surface area contributed by atoms with Crippen LogP contribution in [0.25, 0.3) is 0 Å². The molecule has 0 heterocycles. The third kappa shape index (κ3) is 7.30. The van der Waals surface area contributed by atoms with Gasteiger partial charge in [0, 0.05) is 18.7 Å². The first-order chi connectivity index (χ1) is 13.5. The number of ether oxygens (including phenoxy) is 1. The summed E-state index contributed by atoms with van der Waals surface area (Å²) in [6.07, 6.45) is -3.38. The molecule has 0 aliphatic carbocycles. The molecule has 0 saturated heterocycles. The van der Waals surface area contributed by atoms with Gasteiger partial charge in [-0.3, -0.25) is 9.10 Å². The molecule has 0 spiro atoms. The molecule has 0 fully saturated rings. The van der Waals surface area contributed by atoms with Crippen LogP contribution in [0.5, 0.6) is 5.75 Å². The van der Waals surface area contributed by atoms with Gasteiger partial charge in [-0.25, -0.2) is 8.42 Å². The van der Waals surface area contributed by atoms with Gasteiger partial charge in [0.1, 0.15) is 5.75 Å². The van der Waals surface area contributed by atoms with Gasteiger partial charge in [-0.1, -0.05) is 18.2 Å². The lowest BCUT2D eigenvalue weighted by molar-refractivity contribution is -0.274. The van der Waals surface area contributed by atoms with Gasteiger partial charge in [-0.15, -0.1) is 13.2 Å². The summed E-state index contributed by atoms with van der Waals surface area (Å²) in [7, 11) is -3.52. The van der Waals surface area contributed by atoms with Crippen LogP contribution in [0.4, 0.5) is 24.5 Å². The van der Waals surface area contributed by atoms with Crippen LogP contribution in [-0.4, -0.2) is 33.5 Å². The van der Waals surface area contributed by atoms with Crippen molar-refractivity contribution in [3.63, 3.8) is 0 Å². The van der Waals surface area contributed by atoms with E-state index in [4.69, 9.17) is 0 Å². The van der Waals surface area contributed by atoms with Crippen LogP contribution in [0.15, 0.2) is 48.5 Å². The van der Waals surface area contributed by atoms with E-state index in [1.54, 1.807) is 31.2 Å². The lowest BCUT2D eigenvalue weighted by Gasteiger charge is -2.24. The van der Waals surface area contributed by atoms with E-state index in [-0.39, 0.29) is 25.3 Å². The highest BCUT2D eigenvalue weighted by Crippen LogP contribution is 2.24. The number of carbonyl (C=O) groups is 1. The number of nitrogens with zero attached hydrogens (tertiary/aromatic N) is 1. The average molecular weight is 430 g/mol. The first kappa shape index (κ1) is 22.5. The van der Waals surface area contributed by atoms with Gasteiger partial charge in [-0.2, -0.15) is 0 Å². The summed E-state index contributed by atoms with van der Waals surface area (Å²) in [6, 6.07) is 11.8. The molecule has 29 heavy (non-hydrogen) atoms. The number of aryl methyl sites for hydroxylation is 1. The molecule has 0 aliphatic rings. The molecular formula is C19H21F3N2O4S. The fourth-order valence-electron chi connectivity index (χ4n) is 2.65. The molecule has 6 nitrogen and oxygen atoms in total. The monoisotopic (exact) mass is 430 g/mol. The van der Waals surface area contributed by atoms with Gasteiger partial charge in [0.2, 0.25) is 15.9 Å². The molecule has 0 saturated carbocycles. The number of nitrogens with one attached hydrogen (secondary N) is 1. The molecule has 2 aromatic carbocycles. The van der Waals surface area contributed by atoms with Crippen LogP contribution in [0, 0.1) is 6.92 Å². The number of alkyl halides is 3. The molecule has 1 N–H and O–H groups in total. The van der Waals surface area contributed by atoms with Crippen LogP contribution in [0.1, 0.15) is 18.4 Å². The molecule has 1 amide bonds. The predicted molar refractivity (Wildman–Crippen MR) is 104 cm³/mol. The van der Waals surface area contributed by atoms with Crippen molar-refractivity contribution in [3.05, 3.63) is 54.1 Å². The van der Waals surface area contributed by atoms with E-state index in [0.29, 0.717) is 11.4 Å². The maximum absolute atomic E-state index is 12.1. The van der Waals surface area contributed by atoms with E-state index < -0.39 is 22.1 Å². The second-order valence-electron chi connectivity index (χ2n) is 6.35. The quantitative estimate of drug-likeness (QED) is 0.685. The van der Waals surface area contributed by atoms with Crippen LogP contribution >= 0.6 is 0 Å². The number of benzene rings is 2. The van der Waals surface area contributed by atoms with Crippen molar-refractivity contribution < 1.29 is 31.1 Å². The third-order valence-electron chi connectivity index (χ3n) is 3.92. The van der Waals surface area contributed by atoms with Crippen molar-refractivity contribution in [2.45, 2.75) is 26.1 Å². The summed E-state index contributed by atoms with van der Waals surface area (Å²) >= 11 is 0. The van der Waals surface area contributed by atoms with Crippen molar-refractivity contribution >= 4 is 27.3 Å². The highest BCUT2D eigenvalue weighted by Gasteiger charge is 2.31. The zero-order valence-electron chi connectivity index (χ0n) is 15.9. The summed E-state index contributed by atoms with van der Waals surface area (Å²) in [5.41, 5.74) is 1.66. The van der Waals surface area contributed by atoms with Crippen molar-refractivity contribution in [2.75, 3.05) is 22.4 Å². The molecule has 0 aromatic heterocycles. The molecule has 0 unspecified atom stereocenters. The molecule has 10 heteroatoms. The van der Waals surface area contributed by atoms with Crippen LogP contribution in [0.2, 0.25) is 0 Å². The number of hydrogen-bond donors (Lipinski definition) is 1. The first-order valence-electron chi connectivity index (χ1n) is 8.65. The van der Waals surface area contributed by atoms with E-state index in [9.17, 15) is 26.4 Å². The lowest BCUT2D eigenvalue weighted by Crippen LogP contribution is -2.32. The topological polar surface area (TPSA) is 75.7 Å². The normalized spacial score (nSPS) is 11.8. The van der Waals surface area contributed by atoms with Crippen molar-refractivity contribution in [1.29, 1.82) is 0 Å². The fraction of sp³-hybridized carbons (Fsp3) is 0.316. The number of amides is 1. The minimum Gasteiger partial charge on any atom is -0.406 e. The summed E-state index contributed by atoms with van der Waals surface area (Å²) in [5.74, 6) is -0.773. The number of halogens is 3. The predicted octanol–water partition coefficient (Wildman–Crippen LogP) is 4.08. The third-order valence-corrected chi connectivity index (χ3v) is 5.10. The van der Waals surface area contributed by atoms with Crippen molar-refractivity contribution in [1.82, 2.24) is 0 Å². The van der Waals surface area contributed by atoms with E-state index in [1.807, 2.05) is 0 Å². The molecule has 2 aromatic rings. The SMILES string of the molecule is Cc1ccccc1N(CCCC(=O)Nc1ccc(OC(F)(F)F)cc1)S(C)(=O)=O.